The molecule has 1 aromatic rings. The van der Waals surface area contributed by atoms with Gasteiger partial charge in [-0.3, -0.25) is 9.79 Å². The molecule has 1 rings (SSSR count). The Bertz CT molecular complexity index is 483. The van der Waals surface area contributed by atoms with E-state index in [0.29, 0.717) is 16.2 Å². The molecule has 0 fully saturated rings. The number of thiophene rings is 1. The second kappa shape index (κ2) is 6.51. The van der Waals surface area contributed by atoms with Crippen LogP contribution in [0.5, 0.6) is 0 Å². The summed E-state index contributed by atoms with van der Waals surface area (Å²) < 4.78 is 4.99. The summed E-state index contributed by atoms with van der Waals surface area (Å²) in [6.45, 7) is 0.0742. The van der Waals surface area contributed by atoms with Crippen molar-refractivity contribution in [3.05, 3.63) is 15.5 Å². The molecule has 0 aliphatic rings. The second-order valence-corrected chi connectivity index (χ2v) is 4.92. The van der Waals surface area contributed by atoms with Crippen LogP contribution in [0.3, 0.4) is 0 Å². The third-order valence-corrected chi connectivity index (χ3v) is 3.83. The summed E-state index contributed by atoms with van der Waals surface area (Å²) in [7, 11) is 5.11. The fourth-order valence-electron chi connectivity index (χ4n) is 1.24. The van der Waals surface area contributed by atoms with Gasteiger partial charge in [0, 0.05) is 27.4 Å². The topological polar surface area (TPSA) is 59.0 Å². The molecule has 0 aromatic carbocycles. The van der Waals surface area contributed by atoms with E-state index in [2.05, 4.69) is 4.99 Å². The first kappa shape index (κ1) is 14.7. The van der Waals surface area contributed by atoms with E-state index >= 15 is 0 Å². The number of ether oxygens (including phenoxy) is 1. The zero-order valence-corrected chi connectivity index (χ0v) is 11.8. The van der Waals surface area contributed by atoms with Crippen LogP contribution in [0.2, 0.25) is 5.02 Å². The van der Waals surface area contributed by atoms with Gasteiger partial charge in [0.15, 0.2) is 6.29 Å². The highest BCUT2D eigenvalue weighted by atomic mass is 35.5. The number of aliphatic imine (C=N–C) groups is 1. The van der Waals surface area contributed by atoms with Crippen molar-refractivity contribution < 1.29 is 14.3 Å². The minimum absolute atomic E-state index is 0.0742. The molecule has 0 saturated carbocycles. The van der Waals surface area contributed by atoms with Crippen LogP contribution >= 0.6 is 22.9 Å². The zero-order valence-electron chi connectivity index (χ0n) is 10.3. The fourth-order valence-corrected chi connectivity index (χ4v) is 2.55. The lowest BCUT2D eigenvalue weighted by molar-refractivity contribution is 0.0568. The quantitative estimate of drug-likeness (QED) is 0.473. The summed E-state index contributed by atoms with van der Waals surface area (Å²) in [6, 6.07) is 0. The van der Waals surface area contributed by atoms with Crippen molar-refractivity contribution in [2.75, 3.05) is 32.6 Å². The van der Waals surface area contributed by atoms with Crippen LogP contribution in [-0.4, -0.2) is 46.2 Å². The first-order chi connectivity index (χ1) is 8.52. The van der Waals surface area contributed by atoms with Gasteiger partial charge in [-0.25, -0.2) is 4.79 Å². The highest BCUT2D eigenvalue weighted by Crippen LogP contribution is 2.38. The van der Waals surface area contributed by atoms with Crippen LogP contribution in [0.25, 0.3) is 0 Å². The summed E-state index contributed by atoms with van der Waals surface area (Å²) in [5, 5.41) is 0.734. The number of rotatable bonds is 5. The van der Waals surface area contributed by atoms with Crippen LogP contribution in [-0.2, 0) is 4.74 Å². The molecule has 7 heteroatoms. The number of halogens is 1. The molecule has 0 aliphatic heterocycles. The Labute approximate surface area is 114 Å². The van der Waals surface area contributed by atoms with Gasteiger partial charge in [0.2, 0.25) is 0 Å². The van der Waals surface area contributed by atoms with Crippen LogP contribution < -0.4 is 4.90 Å². The molecule has 0 aliphatic carbocycles. The van der Waals surface area contributed by atoms with E-state index in [4.69, 9.17) is 16.3 Å². The summed E-state index contributed by atoms with van der Waals surface area (Å²) in [4.78, 5) is 28.5. The lowest BCUT2D eigenvalue weighted by Crippen LogP contribution is -2.14. The Morgan fingerprint density at radius 2 is 2.22 bits per heavy atom. The number of hydrogen-bond donors (Lipinski definition) is 0. The van der Waals surface area contributed by atoms with E-state index < -0.39 is 5.97 Å². The van der Waals surface area contributed by atoms with E-state index in [0.717, 1.165) is 11.3 Å². The van der Waals surface area contributed by atoms with Gasteiger partial charge in [-0.2, -0.15) is 0 Å². The standard InChI is InChI=1S/C11H13ClN2O3S/c1-13-4-5-17-11(16)8-9(12)7(6-15)18-10(8)14(2)3/h4,6H,5H2,1-3H3. The Morgan fingerprint density at radius 3 is 2.72 bits per heavy atom. The molecule has 0 amide bonds. The molecule has 0 spiro atoms. The van der Waals surface area contributed by atoms with Gasteiger partial charge >= 0.3 is 5.97 Å². The Hall–Kier alpha value is -1.40. The number of nitrogens with zero attached hydrogens (tertiary/aromatic N) is 2. The van der Waals surface area contributed by atoms with E-state index in [1.807, 2.05) is 0 Å². The highest BCUT2D eigenvalue weighted by Gasteiger charge is 2.24. The summed E-state index contributed by atoms with van der Waals surface area (Å²) in [6.07, 6.45) is 2.10. The van der Waals surface area contributed by atoms with Crippen LogP contribution in [0, 0.1) is 0 Å². The third kappa shape index (κ3) is 3.08. The monoisotopic (exact) mass is 288 g/mol. The van der Waals surface area contributed by atoms with Crippen LogP contribution in [0.1, 0.15) is 20.0 Å². The Balaban J connectivity index is 3.08. The van der Waals surface area contributed by atoms with E-state index in [-0.39, 0.29) is 17.2 Å². The van der Waals surface area contributed by atoms with Crippen molar-refractivity contribution in [1.29, 1.82) is 0 Å². The van der Waals surface area contributed by atoms with Gasteiger partial charge in [-0.1, -0.05) is 11.6 Å². The minimum Gasteiger partial charge on any atom is -0.456 e. The highest BCUT2D eigenvalue weighted by molar-refractivity contribution is 7.18. The molecule has 0 bridgehead atoms. The average Bonchev–Trinajstić information content (AvgIpc) is 2.66. The second-order valence-electron chi connectivity index (χ2n) is 3.51. The maximum Gasteiger partial charge on any atom is 0.343 e. The van der Waals surface area contributed by atoms with Gasteiger partial charge in [0.1, 0.15) is 17.2 Å². The molecular formula is C11H13ClN2O3S. The molecule has 1 heterocycles. The number of esters is 1. The molecule has 5 nitrogen and oxygen atoms in total. The summed E-state index contributed by atoms with van der Waals surface area (Å²) in [5.74, 6) is -0.562. The van der Waals surface area contributed by atoms with Crippen molar-refractivity contribution in [1.82, 2.24) is 0 Å². The minimum atomic E-state index is -0.562. The molecule has 98 valence electrons. The maximum atomic E-state index is 11.9. The third-order valence-electron chi connectivity index (χ3n) is 2.05. The predicted octanol–water partition coefficient (Wildman–Crippen LogP) is 2.14. The molecule has 0 unspecified atom stereocenters. The van der Waals surface area contributed by atoms with Crippen LogP contribution in [0.15, 0.2) is 4.99 Å². The van der Waals surface area contributed by atoms with Crippen molar-refractivity contribution in [2.45, 2.75) is 0 Å². The first-order valence-electron chi connectivity index (χ1n) is 5.05. The van der Waals surface area contributed by atoms with Gasteiger partial charge in [0.25, 0.3) is 0 Å². The summed E-state index contributed by atoms with van der Waals surface area (Å²) in [5.41, 5.74) is 0.221. The molecule has 0 atom stereocenters. The van der Waals surface area contributed by atoms with Gasteiger partial charge in [0.05, 0.1) is 9.90 Å². The Kier molecular flexibility index (Phi) is 5.30. The summed E-state index contributed by atoms with van der Waals surface area (Å²) >= 11 is 7.15. The van der Waals surface area contributed by atoms with Crippen molar-refractivity contribution in [3.8, 4) is 0 Å². The van der Waals surface area contributed by atoms with E-state index in [9.17, 15) is 9.59 Å². The predicted molar refractivity (Wildman–Crippen MR) is 73.7 cm³/mol. The van der Waals surface area contributed by atoms with Crippen molar-refractivity contribution in [3.63, 3.8) is 0 Å². The van der Waals surface area contributed by atoms with Crippen molar-refractivity contribution in [2.24, 2.45) is 4.99 Å². The maximum absolute atomic E-state index is 11.9. The average molecular weight is 289 g/mol. The molecule has 18 heavy (non-hydrogen) atoms. The smallest absolute Gasteiger partial charge is 0.343 e. The number of aldehydes is 1. The largest absolute Gasteiger partial charge is 0.456 e. The molecule has 0 radical (unpaired) electrons. The first-order valence-corrected chi connectivity index (χ1v) is 6.24. The van der Waals surface area contributed by atoms with E-state index in [1.54, 1.807) is 26.0 Å². The fraction of sp³-hybridized carbons (Fsp3) is 0.364. The van der Waals surface area contributed by atoms with Gasteiger partial charge in [-0.15, -0.1) is 11.3 Å². The normalized spacial score (nSPS) is 10.7. The number of anilines is 1. The lowest BCUT2D eigenvalue weighted by atomic mass is 10.3. The number of carbonyl (C=O) groups excluding carboxylic acids is 2. The molecule has 1 aromatic heterocycles. The molecule has 0 N–H and O–H groups in total. The van der Waals surface area contributed by atoms with Crippen molar-refractivity contribution >= 4 is 46.4 Å². The van der Waals surface area contributed by atoms with Gasteiger partial charge in [-0.05, 0) is 0 Å². The van der Waals surface area contributed by atoms with E-state index in [1.165, 1.54) is 6.21 Å². The lowest BCUT2D eigenvalue weighted by Gasteiger charge is -2.11. The number of carbonyl (C=O) groups is 2. The zero-order chi connectivity index (χ0) is 13.7. The van der Waals surface area contributed by atoms with Crippen LogP contribution in [0.4, 0.5) is 5.00 Å². The SMILES string of the molecule is CN=CCOC(=O)c1c(N(C)C)sc(C=O)c1Cl. The molecular weight excluding hydrogens is 276 g/mol. The number of hydrogen-bond acceptors (Lipinski definition) is 6. The van der Waals surface area contributed by atoms with Gasteiger partial charge < -0.3 is 9.64 Å². The Morgan fingerprint density at radius 1 is 1.56 bits per heavy atom. The molecule has 0 saturated heterocycles.